The number of carbonyl (C=O) groups excluding carboxylic acids is 1. The second-order valence-electron chi connectivity index (χ2n) is 8.84. The summed E-state index contributed by atoms with van der Waals surface area (Å²) in [5, 5.41) is 7.97. The number of primary amides is 1. The quantitative estimate of drug-likeness (QED) is 0.609. The van der Waals surface area contributed by atoms with E-state index in [4.69, 9.17) is 25.1 Å². The molecule has 1 atom stereocenters. The van der Waals surface area contributed by atoms with Crippen LogP contribution in [0.1, 0.15) is 61.3 Å². The first-order chi connectivity index (χ1) is 16.1. The topological polar surface area (TPSA) is 128 Å². The highest BCUT2D eigenvalue weighted by molar-refractivity contribution is 7.19. The van der Waals surface area contributed by atoms with Gasteiger partial charge in [-0.25, -0.2) is 9.97 Å². The maximum absolute atomic E-state index is 11.3. The Hall–Kier alpha value is -2.30. The van der Waals surface area contributed by atoms with Gasteiger partial charge in [0.25, 0.3) is 6.47 Å². The van der Waals surface area contributed by atoms with Gasteiger partial charge in [-0.3, -0.25) is 14.5 Å². The number of thiophene rings is 1. The average molecular weight is 477 g/mol. The van der Waals surface area contributed by atoms with Crippen molar-refractivity contribution in [3.8, 4) is 5.88 Å². The summed E-state index contributed by atoms with van der Waals surface area (Å²) in [7, 11) is 0. The van der Waals surface area contributed by atoms with E-state index in [0.717, 1.165) is 74.5 Å². The van der Waals surface area contributed by atoms with Crippen molar-refractivity contribution in [3.63, 3.8) is 0 Å². The molecule has 2 aromatic heterocycles. The minimum Gasteiger partial charge on any atom is -0.483 e. The molecular weight excluding hydrogens is 444 g/mol. The summed E-state index contributed by atoms with van der Waals surface area (Å²) in [5.41, 5.74) is 6.71. The summed E-state index contributed by atoms with van der Waals surface area (Å²) in [5.74, 6) is 0.859. The fraction of sp³-hybridized carbons (Fsp3) is 0.652. The van der Waals surface area contributed by atoms with Crippen molar-refractivity contribution in [2.24, 2.45) is 5.73 Å². The first-order valence-corrected chi connectivity index (χ1v) is 12.5. The number of amides is 1. The van der Waals surface area contributed by atoms with Gasteiger partial charge in [-0.15, -0.1) is 11.3 Å². The summed E-state index contributed by atoms with van der Waals surface area (Å²) < 4.78 is 12.0. The van der Waals surface area contributed by atoms with E-state index in [2.05, 4.69) is 14.9 Å². The molecule has 10 heteroatoms. The Morgan fingerprint density at radius 2 is 1.97 bits per heavy atom. The van der Waals surface area contributed by atoms with Crippen molar-refractivity contribution in [1.82, 2.24) is 14.9 Å². The number of aryl methyl sites for hydroxylation is 1. The average Bonchev–Trinajstić information content (AvgIpc) is 3.39. The molecule has 9 nitrogen and oxygen atoms in total. The zero-order chi connectivity index (χ0) is 23.2. The van der Waals surface area contributed by atoms with E-state index in [-0.39, 0.29) is 18.5 Å². The molecule has 0 spiro atoms. The number of carboxylic acid groups (broad SMARTS) is 1. The summed E-state index contributed by atoms with van der Waals surface area (Å²) in [6, 6.07) is 0.655. The van der Waals surface area contributed by atoms with Crippen LogP contribution in [0.3, 0.4) is 0 Å². The first-order valence-electron chi connectivity index (χ1n) is 11.7. The number of hydrogen-bond acceptors (Lipinski definition) is 8. The lowest BCUT2D eigenvalue weighted by atomic mass is 9.91. The van der Waals surface area contributed by atoms with Crippen molar-refractivity contribution in [2.75, 3.05) is 26.3 Å². The van der Waals surface area contributed by atoms with Gasteiger partial charge in [0.15, 0.2) is 0 Å². The number of aromatic nitrogens is 2. The summed E-state index contributed by atoms with van der Waals surface area (Å²) >= 11 is 1.75. The van der Waals surface area contributed by atoms with Gasteiger partial charge in [0.1, 0.15) is 17.3 Å². The molecule has 3 N–H and O–H groups in total. The smallest absolute Gasteiger partial charge is 0.290 e. The van der Waals surface area contributed by atoms with Gasteiger partial charge in [0.2, 0.25) is 11.8 Å². The SMILES string of the molecule is NC(=O)CC[C@H]1CCc2sc3ncnc(OC4CCC(N5CCOCC5)CC4)c3c21.O=CO. The molecule has 0 aromatic carbocycles. The maximum Gasteiger partial charge on any atom is 0.290 e. The lowest BCUT2D eigenvalue weighted by Gasteiger charge is -2.38. The van der Waals surface area contributed by atoms with Crippen LogP contribution in [-0.4, -0.2) is 70.8 Å². The van der Waals surface area contributed by atoms with Crippen molar-refractivity contribution in [1.29, 1.82) is 0 Å². The number of nitrogens with zero attached hydrogens (tertiary/aromatic N) is 3. The normalized spacial score (nSPS) is 25.2. The van der Waals surface area contributed by atoms with Crippen LogP contribution in [0, 0.1) is 0 Å². The van der Waals surface area contributed by atoms with E-state index in [9.17, 15) is 4.79 Å². The van der Waals surface area contributed by atoms with Crippen LogP contribution in [0.25, 0.3) is 10.2 Å². The molecule has 1 saturated heterocycles. The highest BCUT2D eigenvalue weighted by Crippen LogP contribution is 2.47. The molecule has 1 aliphatic heterocycles. The molecule has 5 rings (SSSR count). The van der Waals surface area contributed by atoms with Crippen molar-refractivity contribution in [3.05, 3.63) is 16.8 Å². The van der Waals surface area contributed by atoms with Gasteiger partial charge < -0.3 is 20.3 Å². The number of nitrogens with two attached hydrogens (primary N) is 1. The van der Waals surface area contributed by atoms with Crippen LogP contribution in [0.15, 0.2) is 6.33 Å². The van der Waals surface area contributed by atoms with Crippen LogP contribution < -0.4 is 10.5 Å². The third-order valence-electron chi connectivity index (χ3n) is 6.92. The molecular formula is C23H32N4O5S. The van der Waals surface area contributed by atoms with Crippen molar-refractivity contribution >= 4 is 33.9 Å². The molecule has 3 aliphatic rings. The predicted molar refractivity (Wildman–Crippen MR) is 125 cm³/mol. The summed E-state index contributed by atoms with van der Waals surface area (Å²) in [6.45, 7) is 3.57. The summed E-state index contributed by atoms with van der Waals surface area (Å²) in [4.78, 5) is 33.7. The Labute approximate surface area is 197 Å². The van der Waals surface area contributed by atoms with Gasteiger partial charge in [-0.1, -0.05) is 0 Å². The maximum atomic E-state index is 11.3. The van der Waals surface area contributed by atoms with Crippen LogP contribution >= 0.6 is 11.3 Å². The minimum atomic E-state index is -0.250. The molecule has 0 bridgehead atoms. The number of hydrogen-bond donors (Lipinski definition) is 2. The Kier molecular flexibility index (Phi) is 8.11. The van der Waals surface area contributed by atoms with E-state index in [1.54, 1.807) is 17.7 Å². The van der Waals surface area contributed by atoms with Crippen LogP contribution in [0.4, 0.5) is 0 Å². The Morgan fingerprint density at radius 3 is 2.67 bits per heavy atom. The zero-order valence-electron chi connectivity index (χ0n) is 18.8. The van der Waals surface area contributed by atoms with Crippen molar-refractivity contribution in [2.45, 2.75) is 69.4 Å². The molecule has 180 valence electrons. The molecule has 2 aliphatic carbocycles. The van der Waals surface area contributed by atoms with Crippen LogP contribution in [-0.2, 0) is 20.7 Å². The molecule has 1 saturated carbocycles. The largest absolute Gasteiger partial charge is 0.483 e. The lowest BCUT2D eigenvalue weighted by Crippen LogP contribution is -2.46. The molecule has 0 unspecified atom stereocenters. The minimum absolute atomic E-state index is 0.210. The summed E-state index contributed by atoms with van der Waals surface area (Å²) in [6.07, 6.45) is 9.64. The molecule has 2 fully saturated rings. The number of morpholine rings is 1. The van der Waals surface area contributed by atoms with E-state index in [0.29, 0.717) is 18.4 Å². The van der Waals surface area contributed by atoms with Gasteiger partial charge in [0, 0.05) is 30.4 Å². The second kappa shape index (κ2) is 11.2. The Morgan fingerprint density at radius 1 is 1.24 bits per heavy atom. The van der Waals surface area contributed by atoms with E-state index in [1.807, 2.05) is 0 Å². The number of rotatable bonds is 6. The number of fused-ring (bicyclic) bond motifs is 3. The molecule has 3 heterocycles. The van der Waals surface area contributed by atoms with Gasteiger partial charge in [-0.2, -0.15) is 0 Å². The number of ether oxygens (including phenoxy) is 2. The monoisotopic (exact) mass is 476 g/mol. The fourth-order valence-corrected chi connectivity index (χ4v) is 6.59. The standard InChI is InChI=1S/C22H30N4O3S.CH2O2/c23-18(27)8-2-14-1-7-17-19(14)20-21(24-13-25-22(20)30-17)29-16-5-3-15(4-6-16)26-9-11-28-12-10-26;2-1-3/h13-16H,1-12H2,(H2,23,27);1H,(H,2,3)/t14-,15?,16?;/m1./s1. The van der Waals surface area contributed by atoms with Gasteiger partial charge in [-0.05, 0) is 56.4 Å². The zero-order valence-corrected chi connectivity index (χ0v) is 19.6. The third kappa shape index (κ3) is 5.62. The highest BCUT2D eigenvalue weighted by Gasteiger charge is 2.32. The third-order valence-corrected chi connectivity index (χ3v) is 8.09. The van der Waals surface area contributed by atoms with E-state index in [1.165, 1.54) is 23.3 Å². The van der Waals surface area contributed by atoms with Crippen molar-refractivity contribution < 1.29 is 24.2 Å². The number of carbonyl (C=O) groups is 2. The van der Waals surface area contributed by atoms with Crippen LogP contribution in [0.2, 0.25) is 0 Å². The highest BCUT2D eigenvalue weighted by atomic mass is 32.1. The predicted octanol–water partition coefficient (Wildman–Crippen LogP) is 2.71. The van der Waals surface area contributed by atoms with Crippen LogP contribution in [0.5, 0.6) is 5.88 Å². The Balaban J connectivity index is 0.000000821. The van der Waals surface area contributed by atoms with E-state index >= 15 is 0 Å². The second-order valence-corrected chi connectivity index (χ2v) is 9.92. The van der Waals surface area contributed by atoms with Gasteiger partial charge >= 0.3 is 0 Å². The molecule has 1 amide bonds. The molecule has 33 heavy (non-hydrogen) atoms. The van der Waals surface area contributed by atoms with E-state index < -0.39 is 0 Å². The molecule has 0 radical (unpaired) electrons. The molecule has 2 aromatic rings. The fourth-order valence-electron chi connectivity index (χ4n) is 5.36. The lowest BCUT2D eigenvalue weighted by molar-refractivity contribution is -0.123. The first kappa shape index (κ1) is 23.8. The van der Waals surface area contributed by atoms with Gasteiger partial charge in [0.05, 0.1) is 18.6 Å². The Bertz CT molecular complexity index is 954.